The molecule has 5 heteroatoms. The molecule has 90 valence electrons. The maximum absolute atomic E-state index is 9.50. The summed E-state index contributed by atoms with van der Waals surface area (Å²) in [5.41, 5.74) is 8.02. The molecule has 1 saturated heterocycles. The van der Waals surface area contributed by atoms with Crippen molar-refractivity contribution in [3.63, 3.8) is 0 Å². The molecule has 1 aliphatic rings. The number of nitrogens with zero attached hydrogens (tertiary/aromatic N) is 2. The highest BCUT2D eigenvalue weighted by molar-refractivity contribution is 7.20. The van der Waals surface area contributed by atoms with Crippen LogP contribution in [0, 0.1) is 0 Å². The van der Waals surface area contributed by atoms with Crippen molar-refractivity contribution >= 4 is 27.2 Å². The molecule has 1 atom stereocenters. The molecule has 4 nitrogen and oxygen atoms in total. The second-order valence-corrected chi connectivity index (χ2v) is 5.45. The minimum absolute atomic E-state index is 0.133. The van der Waals surface area contributed by atoms with Crippen molar-refractivity contribution in [3.8, 4) is 5.19 Å². The van der Waals surface area contributed by atoms with Gasteiger partial charge in [0.2, 0.25) is 0 Å². The Morgan fingerprint density at radius 3 is 3.18 bits per heavy atom. The number of thiazole rings is 1. The van der Waals surface area contributed by atoms with Crippen LogP contribution in [0.25, 0.3) is 10.2 Å². The number of hydrogen-bond donors (Lipinski definition) is 2. The minimum Gasteiger partial charge on any atom is -0.486 e. The molecule has 1 aromatic heterocycles. The van der Waals surface area contributed by atoms with Crippen molar-refractivity contribution in [1.82, 2.24) is 4.98 Å². The summed E-state index contributed by atoms with van der Waals surface area (Å²) in [6.45, 7) is 1.92. The molecule has 0 radical (unpaired) electrons. The maximum Gasteiger partial charge on any atom is 0.271 e. The van der Waals surface area contributed by atoms with E-state index in [1.807, 2.05) is 12.1 Å². The molecule has 2 heterocycles. The van der Waals surface area contributed by atoms with Crippen molar-refractivity contribution in [3.05, 3.63) is 18.2 Å². The number of piperidine rings is 1. The Balaban J connectivity index is 2.04. The van der Waals surface area contributed by atoms with E-state index in [0.29, 0.717) is 0 Å². The molecule has 3 rings (SSSR count). The fraction of sp³-hybridized carbons (Fsp3) is 0.417. The predicted octanol–water partition coefficient (Wildman–Crippen LogP) is 1.93. The zero-order valence-electron chi connectivity index (χ0n) is 9.47. The fourth-order valence-corrected chi connectivity index (χ4v) is 3.25. The summed E-state index contributed by atoms with van der Waals surface area (Å²) in [6, 6.07) is 6.24. The highest BCUT2D eigenvalue weighted by Gasteiger charge is 2.19. The van der Waals surface area contributed by atoms with E-state index < -0.39 is 0 Å². The standard InChI is InChI=1S/C12H15N3OS/c13-8-3-2-6-15(7-8)10-5-1-4-9-11(10)17-12(16)14-9/h1,4-5,8H,2-3,6-7,13H2,(H,14,16). The van der Waals surface area contributed by atoms with Crippen molar-refractivity contribution in [2.45, 2.75) is 18.9 Å². The lowest BCUT2D eigenvalue weighted by atomic mass is 10.1. The van der Waals surface area contributed by atoms with Crippen LogP contribution in [0.5, 0.6) is 5.19 Å². The quantitative estimate of drug-likeness (QED) is 0.810. The molecular formula is C12H15N3OS. The van der Waals surface area contributed by atoms with Gasteiger partial charge in [0.15, 0.2) is 0 Å². The van der Waals surface area contributed by atoms with Gasteiger partial charge in [0.1, 0.15) is 0 Å². The van der Waals surface area contributed by atoms with Crippen molar-refractivity contribution in [1.29, 1.82) is 0 Å². The SMILES string of the molecule is NC1CCCN(c2cccc3nc(O)sc23)C1. The summed E-state index contributed by atoms with van der Waals surface area (Å²) in [4.78, 5) is 6.40. The van der Waals surface area contributed by atoms with Gasteiger partial charge in [-0.2, -0.15) is 0 Å². The van der Waals surface area contributed by atoms with Crippen molar-refractivity contribution in [2.75, 3.05) is 18.0 Å². The first-order valence-electron chi connectivity index (χ1n) is 5.83. The van der Waals surface area contributed by atoms with E-state index in [-0.39, 0.29) is 11.2 Å². The highest BCUT2D eigenvalue weighted by atomic mass is 32.1. The van der Waals surface area contributed by atoms with Gasteiger partial charge in [0.25, 0.3) is 5.19 Å². The second-order valence-electron chi connectivity index (χ2n) is 4.47. The third kappa shape index (κ3) is 1.96. The summed E-state index contributed by atoms with van der Waals surface area (Å²) >= 11 is 1.34. The zero-order chi connectivity index (χ0) is 11.8. The predicted molar refractivity (Wildman–Crippen MR) is 70.7 cm³/mol. The van der Waals surface area contributed by atoms with Crippen LogP contribution in [0.2, 0.25) is 0 Å². The largest absolute Gasteiger partial charge is 0.486 e. The number of rotatable bonds is 1. The number of aromatic nitrogens is 1. The van der Waals surface area contributed by atoms with Crippen LogP contribution in [0.15, 0.2) is 18.2 Å². The molecule has 2 aromatic rings. The Kier molecular flexibility index (Phi) is 2.64. The van der Waals surface area contributed by atoms with E-state index in [9.17, 15) is 5.11 Å². The van der Waals surface area contributed by atoms with E-state index in [2.05, 4.69) is 16.0 Å². The van der Waals surface area contributed by atoms with Gasteiger partial charge >= 0.3 is 0 Å². The third-order valence-electron chi connectivity index (χ3n) is 3.18. The summed E-state index contributed by atoms with van der Waals surface area (Å²) in [6.07, 6.45) is 2.22. The maximum atomic E-state index is 9.50. The normalized spacial score (nSPS) is 21.0. The highest BCUT2D eigenvalue weighted by Crippen LogP contribution is 2.35. The first-order chi connectivity index (χ1) is 8.24. The first-order valence-corrected chi connectivity index (χ1v) is 6.65. The lowest BCUT2D eigenvalue weighted by Crippen LogP contribution is -2.42. The van der Waals surface area contributed by atoms with Gasteiger partial charge in [-0.3, -0.25) is 0 Å². The summed E-state index contributed by atoms with van der Waals surface area (Å²) in [5.74, 6) is 0. The lowest BCUT2D eigenvalue weighted by Gasteiger charge is -2.32. The number of anilines is 1. The van der Waals surface area contributed by atoms with Crippen LogP contribution in [0.3, 0.4) is 0 Å². The minimum atomic E-state index is 0.133. The molecule has 1 unspecified atom stereocenters. The Hall–Kier alpha value is -1.33. The van der Waals surface area contributed by atoms with E-state index in [0.717, 1.165) is 41.8 Å². The average molecular weight is 249 g/mol. The van der Waals surface area contributed by atoms with Crippen LogP contribution < -0.4 is 10.6 Å². The van der Waals surface area contributed by atoms with Crippen LogP contribution >= 0.6 is 11.3 Å². The second kappa shape index (κ2) is 4.16. The first kappa shape index (κ1) is 10.8. The molecule has 1 aromatic carbocycles. The van der Waals surface area contributed by atoms with Gasteiger partial charge in [-0.05, 0) is 25.0 Å². The van der Waals surface area contributed by atoms with Crippen molar-refractivity contribution in [2.24, 2.45) is 5.73 Å². The van der Waals surface area contributed by atoms with E-state index in [1.165, 1.54) is 11.3 Å². The Morgan fingerprint density at radius 1 is 1.47 bits per heavy atom. The molecule has 0 amide bonds. The number of aromatic hydroxyl groups is 1. The van der Waals surface area contributed by atoms with Crippen molar-refractivity contribution < 1.29 is 5.11 Å². The van der Waals surface area contributed by atoms with Gasteiger partial charge in [-0.15, -0.1) is 0 Å². The van der Waals surface area contributed by atoms with E-state index in [1.54, 1.807) is 0 Å². The third-order valence-corrected chi connectivity index (χ3v) is 4.08. The van der Waals surface area contributed by atoms with Gasteiger partial charge in [-0.1, -0.05) is 17.4 Å². The van der Waals surface area contributed by atoms with Crippen LogP contribution in [-0.4, -0.2) is 29.2 Å². The van der Waals surface area contributed by atoms with E-state index in [4.69, 9.17) is 5.73 Å². The molecule has 0 spiro atoms. The Labute approximate surface area is 104 Å². The van der Waals surface area contributed by atoms with E-state index >= 15 is 0 Å². The Morgan fingerprint density at radius 2 is 2.35 bits per heavy atom. The number of fused-ring (bicyclic) bond motifs is 1. The van der Waals surface area contributed by atoms with Crippen LogP contribution in [0.1, 0.15) is 12.8 Å². The summed E-state index contributed by atoms with van der Waals surface area (Å²) < 4.78 is 1.05. The van der Waals surface area contributed by atoms with Gasteiger partial charge in [-0.25, -0.2) is 4.98 Å². The molecule has 3 N–H and O–H groups in total. The summed E-state index contributed by atoms with van der Waals surface area (Å²) in [7, 11) is 0. The van der Waals surface area contributed by atoms with Gasteiger partial charge in [0, 0.05) is 19.1 Å². The molecule has 0 bridgehead atoms. The van der Waals surface area contributed by atoms with Crippen LogP contribution in [0.4, 0.5) is 5.69 Å². The topological polar surface area (TPSA) is 62.4 Å². The zero-order valence-corrected chi connectivity index (χ0v) is 10.3. The Bertz CT molecular complexity index is 540. The van der Waals surface area contributed by atoms with Gasteiger partial charge < -0.3 is 15.7 Å². The number of nitrogens with two attached hydrogens (primary N) is 1. The lowest BCUT2D eigenvalue weighted by molar-refractivity contribution is 0.472. The molecule has 17 heavy (non-hydrogen) atoms. The fourth-order valence-electron chi connectivity index (χ4n) is 2.40. The number of benzene rings is 1. The molecular weight excluding hydrogens is 234 g/mol. The van der Waals surface area contributed by atoms with Gasteiger partial charge in [0.05, 0.1) is 15.9 Å². The number of hydrogen-bond acceptors (Lipinski definition) is 5. The average Bonchev–Trinajstić information content (AvgIpc) is 2.68. The monoisotopic (exact) mass is 249 g/mol. The molecule has 1 aliphatic heterocycles. The summed E-state index contributed by atoms with van der Waals surface area (Å²) in [5, 5.41) is 9.63. The molecule has 0 saturated carbocycles. The van der Waals surface area contributed by atoms with Crippen LogP contribution in [-0.2, 0) is 0 Å². The smallest absolute Gasteiger partial charge is 0.271 e. The molecule has 0 aliphatic carbocycles. The molecule has 1 fully saturated rings.